The van der Waals surface area contributed by atoms with Crippen LogP contribution in [0.25, 0.3) is 0 Å². The van der Waals surface area contributed by atoms with E-state index >= 15 is 0 Å². The van der Waals surface area contributed by atoms with Crippen molar-refractivity contribution in [1.82, 2.24) is 5.32 Å². The zero-order valence-electron chi connectivity index (χ0n) is 12.7. The van der Waals surface area contributed by atoms with Gasteiger partial charge in [-0.25, -0.2) is 4.79 Å². The maximum atomic E-state index is 11.0. The first-order chi connectivity index (χ1) is 9.72. The molecular formula is C15H29NO4. The normalized spacial score (nSPS) is 10.5. The summed E-state index contributed by atoms with van der Waals surface area (Å²) in [6.45, 7) is 4.10. The van der Waals surface area contributed by atoms with Gasteiger partial charge in [-0.05, 0) is 32.4 Å². The van der Waals surface area contributed by atoms with E-state index in [1.165, 1.54) is 44.9 Å². The van der Waals surface area contributed by atoms with Crippen LogP contribution in [0.15, 0.2) is 0 Å². The molecule has 0 aromatic heterocycles. The summed E-state index contributed by atoms with van der Waals surface area (Å²) in [5.41, 5.74) is 0. The Kier molecular flexibility index (Phi) is 13.8. The van der Waals surface area contributed by atoms with Crippen molar-refractivity contribution in [2.24, 2.45) is 0 Å². The van der Waals surface area contributed by atoms with Crippen LogP contribution in [0, 0.1) is 0 Å². The molecule has 0 aromatic carbocycles. The van der Waals surface area contributed by atoms with Crippen LogP contribution in [0.5, 0.6) is 0 Å². The van der Waals surface area contributed by atoms with Crippen LogP contribution in [0.4, 0.5) is 0 Å². The van der Waals surface area contributed by atoms with Crippen molar-refractivity contribution in [3.8, 4) is 0 Å². The summed E-state index contributed by atoms with van der Waals surface area (Å²) >= 11 is 0. The lowest BCUT2D eigenvalue weighted by Crippen LogP contribution is -2.18. The topological polar surface area (TPSA) is 75.6 Å². The van der Waals surface area contributed by atoms with E-state index in [4.69, 9.17) is 5.26 Å². The molecule has 20 heavy (non-hydrogen) atoms. The lowest BCUT2D eigenvalue weighted by atomic mass is 10.1. The third-order valence-electron chi connectivity index (χ3n) is 3.28. The van der Waals surface area contributed by atoms with E-state index in [-0.39, 0.29) is 6.42 Å². The first kappa shape index (κ1) is 19.1. The maximum Gasteiger partial charge on any atom is 0.408 e. The van der Waals surface area contributed by atoms with Gasteiger partial charge in [0.15, 0.2) is 0 Å². The zero-order valence-corrected chi connectivity index (χ0v) is 12.7. The standard InChI is InChI=1S/C15H29NO4/c1-2-3-4-5-6-7-9-12-16-13-10-8-11-14(17)15(18)20-19/h16,19H,2-13H2,1H3. The molecule has 0 radical (unpaired) electrons. The van der Waals surface area contributed by atoms with Crippen LogP contribution in [0.1, 0.15) is 71.1 Å². The third-order valence-corrected chi connectivity index (χ3v) is 3.28. The molecule has 5 nitrogen and oxygen atoms in total. The van der Waals surface area contributed by atoms with Gasteiger partial charge in [0.1, 0.15) is 0 Å². The van der Waals surface area contributed by atoms with Gasteiger partial charge >= 0.3 is 5.97 Å². The Bertz CT molecular complexity index is 256. The lowest BCUT2D eigenvalue weighted by molar-refractivity contribution is -0.232. The number of nitrogens with one attached hydrogen (secondary N) is 1. The van der Waals surface area contributed by atoms with Crippen LogP contribution < -0.4 is 5.32 Å². The molecule has 0 aliphatic rings. The zero-order chi connectivity index (χ0) is 15.1. The van der Waals surface area contributed by atoms with Gasteiger partial charge in [-0.15, -0.1) is 0 Å². The highest BCUT2D eigenvalue weighted by molar-refractivity contribution is 6.33. The summed E-state index contributed by atoms with van der Waals surface area (Å²) in [5, 5.41) is 11.3. The molecule has 5 heteroatoms. The molecule has 0 spiro atoms. The molecule has 0 heterocycles. The van der Waals surface area contributed by atoms with Crippen molar-refractivity contribution in [3.05, 3.63) is 0 Å². The number of hydrogen-bond donors (Lipinski definition) is 2. The van der Waals surface area contributed by atoms with Crippen molar-refractivity contribution in [2.75, 3.05) is 13.1 Å². The molecule has 0 aliphatic heterocycles. The molecule has 2 N–H and O–H groups in total. The second-order valence-corrected chi connectivity index (χ2v) is 5.13. The van der Waals surface area contributed by atoms with Crippen LogP contribution >= 0.6 is 0 Å². The highest BCUT2D eigenvalue weighted by atomic mass is 17.1. The molecule has 0 aromatic rings. The highest BCUT2D eigenvalue weighted by Gasteiger charge is 2.13. The molecule has 0 atom stereocenters. The van der Waals surface area contributed by atoms with Gasteiger partial charge in [0.25, 0.3) is 0 Å². The van der Waals surface area contributed by atoms with Gasteiger partial charge in [-0.2, -0.15) is 5.26 Å². The van der Waals surface area contributed by atoms with Gasteiger partial charge in [-0.1, -0.05) is 45.4 Å². The quantitative estimate of drug-likeness (QED) is 0.222. The number of ketones is 1. The average Bonchev–Trinajstić information content (AvgIpc) is 2.47. The number of carbonyl (C=O) groups excluding carboxylic acids is 2. The fourth-order valence-electron chi connectivity index (χ4n) is 2.02. The average molecular weight is 287 g/mol. The number of hydrogen-bond acceptors (Lipinski definition) is 5. The van der Waals surface area contributed by atoms with E-state index in [1.807, 2.05) is 0 Å². The predicted octanol–water partition coefficient (Wildman–Crippen LogP) is 3.08. The highest BCUT2D eigenvalue weighted by Crippen LogP contribution is 2.06. The van der Waals surface area contributed by atoms with E-state index in [9.17, 15) is 9.59 Å². The predicted molar refractivity (Wildman–Crippen MR) is 78.4 cm³/mol. The number of rotatable bonds is 14. The fraction of sp³-hybridized carbons (Fsp3) is 0.867. The largest absolute Gasteiger partial charge is 0.408 e. The fourth-order valence-corrected chi connectivity index (χ4v) is 2.02. The molecule has 118 valence electrons. The maximum absolute atomic E-state index is 11.0. The van der Waals surface area contributed by atoms with Gasteiger partial charge in [0.05, 0.1) is 0 Å². The Morgan fingerprint density at radius 2 is 1.45 bits per heavy atom. The molecule has 0 amide bonds. The van der Waals surface area contributed by atoms with Crippen LogP contribution in [-0.2, 0) is 14.5 Å². The van der Waals surface area contributed by atoms with Crippen molar-refractivity contribution in [2.45, 2.75) is 71.1 Å². The first-order valence-electron chi connectivity index (χ1n) is 7.81. The molecule has 0 rings (SSSR count). The minimum Gasteiger partial charge on any atom is -0.317 e. The summed E-state index contributed by atoms with van der Waals surface area (Å²) in [7, 11) is 0. The smallest absolute Gasteiger partial charge is 0.317 e. The SMILES string of the molecule is CCCCCCCCCNCCCCC(=O)C(=O)OO. The van der Waals surface area contributed by atoms with Crippen molar-refractivity contribution in [3.63, 3.8) is 0 Å². The Balaban J connectivity index is 3.13. The second-order valence-electron chi connectivity index (χ2n) is 5.13. The van der Waals surface area contributed by atoms with E-state index in [1.54, 1.807) is 0 Å². The van der Waals surface area contributed by atoms with Crippen molar-refractivity contribution >= 4 is 11.8 Å². The Morgan fingerprint density at radius 1 is 0.900 bits per heavy atom. The van der Waals surface area contributed by atoms with Crippen molar-refractivity contribution in [1.29, 1.82) is 0 Å². The van der Waals surface area contributed by atoms with Gasteiger partial charge < -0.3 is 5.32 Å². The summed E-state index contributed by atoms with van der Waals surface area (Å²) in [6.07, 6.45) is 10.8. The van der Waals surface area contributed by atoms with E-state index < -0.39 is 11.8 Å². The Morgan fingerprint density at radius 3 is 2.05 bits per heavy atom. The summed E-state index contributed by atoms with van der Waals surface area (Å²) in [4.78, 5) is 25.0. The Labute approximate surface area is 122 Å². The van der Waals surface area contributed by atoms with Crippen LogP contribution in [-0.4, -0.2) is 30.1 Å². The molecule has 0 saturated carbocycles. The monoisotopic (exact) mass is 287 g/mol. The lowest BCUT2D eigenvalue weighted by Gasteiger charge is -2.04. The van der Waals surface area contributed by atoms with E-state index in [0.717, 1.165) is 19.5 Å². The molecule has 0 saturated heterocycles. The van der Waals surface area contributed by atoms with Gasteiger partial charge in [0, 0.05) is 6.42 Å². The number of unbranched alkanes of at least 4 members (excludes halogenated alkanes) is 7. The third kappa shape index (κ3) is 12.1. The van der Waals surface area contributed by atoms with Gasteiger partial charge in [0.2, 0.25) is 5.78 Å². The minimum absolute atomic E-state index is 0.137. The number of carbonyl (C=O) groups is 2. The van der Waals surface area contributed by atoms with E-state index in [2.05, 4.69) is 17.1 Å². The Hall–Kier alpha value is -0.940. The minimum atomic E-state index is -1.17. The summed E-state index contributed by atoms with van der Waals surface area (Å²) in [5.74, 6) is -1.83. The second kappa shape index (κ2) is 14.5. The summed E-state index contributed by atoms with van der Waals surface area (Å²) < 4.78 is 0. The molecule has 0 bridgehead atoms. The summed E-state index contributed by atoms with van der Waals surface area (Å²) in [6, 6.07) is 0. The van der Waals surface area contributed by atoms with Gasteiger partial charge in [-0.3, -0.25) is 9.68 Å². The van der Waals surface area contributed by atoms with E-state index in [0.29, 0.717) is 6.42 Å². The molecular weight excluding hydrogens is 258 g/mol. The van der Waals surface area contributed by atoms with Crippen molar-refractivity contribution < 1.29 is 19.7 Å². The van der Waals surface area contributed by atoms with Crippen LogP contribution in [0.3, 0.4) is 0 Å². The molecule has 0 aliphatic carbocycles. The number of Topliss-reactive ketones (excluding diaryl/α,β-unsaturated/α-hetero) is 1. The first-order valence-corrected chi connectivity index (χ1v) is 7.81. The molecule has 0 fully saturated rings. The van der Waals surface area contributed by atoms with Crippen LogP contribution in [0.2, 0.25) is 0 Å². The molecule has 0 unspecified atom stereocenters.